The Morgan fingerprint density at radius 2 is 1.80 bits per heavy atom. The third-order valence-corrected chi connectivity index (χ3v) is 8.11. The van der Waals surface area contributed by atoms with E-state index in [4.69, 9.17) is 16.3 Å². The lowest BCUT2D eigenvalue weighted by Crippen LogP contribution is -2.49. The van der Waals surface area contributed by atoms with E-state index >= 15 is 0 Å². The van der Waals surface area contributed by atoms with Gasteiger partial charge in [0, 0.05) is 36.9 Å². The number of carbonyl (C=O) groups excluding carboxylic acids is 2. The summed E-state index contributed by atoms with van der Waals surface area (Å²) in [6.45, 7) is 12.9. The van der Waals surface area contributed by atoms with E-state index in [-0.39, 0.29) is 35.3 Å². The number of urea groups is 1. The summed E-state index contributed by atoms with van der Waals surface area (Å²) < 4.78 is 5.95. The predicted octanol–water partition coefficient (Wildman–Crippen LogP) is 8.38. The Morgan fingerprint density at radius 3 is 2.40 bits per heavy atom. The lowest BCUT2D eigenvalue weighted by atomic mass is 9.87. The Balaban J connectivity index is 1.72. The molecule has 1 heterocycles. The number of ether oxygens (including phenoxy) is 1. The molecule has 0 fully saturated rings. The Bertz CT molecular complexity index is 1610. The van der Waals surface area contributed by atoms with Crippen LogP contribution in [-0.4, -0.2) is 40.3 Å². The van der Waals surface area contributed by atoms with E-state index in [9.17, 15) is 19.7 Å². The van der Waals surface area contributed by atoms with Crippen molar-refractivity contribution in [1.82, 2.24) is 15.1 Å². The maximum atomic E-state index is 14.1. The van der Waals surface area contributed by atoms with Crippen molar-refractivity contribution in [3.63, 3.8) is 0 Å². The van der Waals surface area contributed by atoms with Crippen molar-refractivity contribution in [2.75, 3.05) is 13.6 Å². The summed E-state index contributed by atoms with van der Waals surface area (Å²) in [6, 6.07) is 17.9. The number of amides is 3. The number of hydrogen-bond acceptors (Lipinski definition) is 5. The van der Waals surface area contributed by atoms with Gasteiger partial charge in [-0.2, -0.15) is 0 Å². The van der Waals surface area contributed by atoms with Crippen LogP contribution >= 0.6 is 11.6 Å². The first-order chi connectivity index (χ1) is 21.1. The third kappa shape index (κ3) is 8.02. The van der Waals surface area contributed by atoms with Crippen molar-refractivity contribution in [1.29, 1.82) is 0 Å². The molecule has 9 nitrogen and oxygen atoms in total. The van der Waals surface area contributed by atoms with Crippen LogP contribution in [-0.2, 0) is 16.8 Å². The van der Waals surface area contributed by atoms with Crippen LogP contribution in [0, 0.1) is 16.0 Å². The van der Waals surface area contributed by atoms with Gasteiger partial charge in [0.15, 0.2) is 0 Å². The summed E-state index contributed by atoms with van der Waals surface area (Å²) in [5, 5.41) is 15.8. The Labute approximate surface area is 270 Å². The Hall–Kier alpha value is -4.37. The molecule has 1 aliphatic heterocycles. The van der Waals surface area contributed by atoms with E-state index in [1.165, 1.54) is 12.1 Å². The molecule has 238 valence electrons. The van der Waals surface area contributed by atoms with E-state index < -0.39 is 11.0 Å². The fraction of sp³-hybridized carbons (Fsp3) is 0.371. The van der Waals surface area contributed by atoms with Crippen molar-refractivity contribution < 1.29 is 19.2 Å². The van der Waals surface area contributed by atoms with E-state index in [0.29, 0.717) is 40.1 Å². The second-order valence-corrected chi connectivity index (χ2v) is 13.3. The molecule has 1 atom stereocenters. The lowest BCUT2D eigenvalue weighted by molar-refractivity contribution is -0.385. The number of carbonyl (C=O) groups is 2. The van der Waals surface area contributed by atoms with Gasteiger partial charge in [-0.25, -0.2) is 4.79 Å². The zero-order valence-electron chi connectivity index (χ0n) is 26.9. The number of nitro benzene ring substituents is 1. The molecule has 0 saturated carbocycles. The minimum Gasteiger partial charge on any atom is -0.450 e. The molecule has 3 aromatic carbocycles. The van der Waals surface area contributed by atoms with Gasteiger partial charge in [-0.1, -0.05) is 76.6 Å². The molecule has 0 spiro atoms. The van der Waals surface area contributed by atoms with Gasteiger partial charge in [-0.15, -0.1) is 0 Å². The SMILES string of the molecule is CC1=C(C(=O)N(C)Cc2cccc(Cl)c2)C(c2ccc(Oc3ccc(C(C)(C)C)cc3)c([N+](=O)[O-])c2)NC(=O)N1CCC(C)C. The van der Waals surface area contributed by atoms with Crippen molar-refractivity contribution in [3.05, 3.63) is 110 Å². The monoisotopic (exact) mass is 632 g/mol. The lowest BCUT2D eigenvalue weighted by Gasteiger charge is -2.37. The number of hydrogen-bond donors (Lipinski definition) is 1. The van der Waals surface area contributed by atoms with Crippen LogP contribution in [0.15, 0.2) is 78.0 Å². The summed E-state index contributed by atoms with van der Waals surface area (Å²) in [5.41, 5.74) is 2.86. The summed E-state index contributed by atoms with van der Waals surface area (Å²) >= 11 is 6.18. The maximum absolute atomic E-state index is 14.1. The molecular formula is C35H41ClN4O5. The quantitative estimate of drug-likeness (QED) is 0.178. The number of allylic oxidation sites excluding steroid dienone is 1. The topological polar surface area (TPSA) is 105 Å². The number of halogens is 1. The maximum Gasteiger partial charge on any atom is 0.322 e. The van der Waals surface area contributed by atoms with Crippen LogP contribution in [0.5, 0.6) is 11.5 Å². The largest absolute Gasteiger partial charge is 0.450 e. The highest BCUT2D eigenvalue weighted by atomic mass is 35.5. The van der Waals surface area contributed by atoms with Crippen molar-refractivity contribution in [2.45, 2.75) is 66.0 Å². The van der Waals surface area contributed by atoms with Crippen LogP contribution in [0.2, 0.25) is 5.02 Å². The standard InChI is InChI=1S/C35H41ClN4O5/c1-22(2)17-18-39-23(3)31(33(41)38(7)21-24-9-8-10-27(36)19-24)32(37-34(39)42)25-11-16-30(29(20-25)40(43)44)45-28-14-12-26(13-15-28)35(4,5)6/h8-16,19-20,22,32H,17-18,21H2,1-7H3,(H,37,42). The van der Waals surface area contributed by atoms with E-state index in [0.717, 1.165) is 17.5 Å². The molecule has 0 aromatic heterocycles. The summed E-state index contributed by atoms with van der Waals surface area (Å²) in [6.07, 6.45) is 0.740. The molecule has 4 rings (SSSR count). The molecule has 0 aliphatic carbocycles. The molecule has 0 radical (unpaired) electrons. The molecule has 1 unspecified atom stereocenters. The predicted molar refractivity (Wildman–Crippen MR) is 176 cm³/mol. The Morgan fingerprint density at radius 1 is 1.11 bits per heavy atom. The number of nitrogens with zero attached hydrogens (tertiary/aromatic N) is 3. The Kier molecular flexibility index (Phi) is 10.2. The van der Waals surface area contributed by atoms with Crippen molar-refractivity contribution in [3.8, 4) is 11.5 Å². The molecule has 1 aliphatic rings. The first kappa shape index (κ1) is 33.5. The van der Waals surface area contributed by atoms with Gasteiger partial charge in [0.1, 0.15) is 5.75 Å². The van der Waals surface area contributed by atoms with Gasteiger partial charge < -0.3 is 15.0 Å². The summed E-state index contributed by atoms with van der Waals surface area (Å²) in [7, 11) is 1.68. The van der Waals surface area contributed by atoms with Crippen LogP contribution in [0.1, 0.15) is 70.7 Å². The average molecular weight is 633 g/mol. The van der Waals surface area contributed by atoms with Crippen LogP contribution in [0.3, 0.4) is 0 Å². The highest BCUT2D eigenvalue weighted by Crippen LogP contribution is 2.38. The number of nitrogens with one attached hydrogen (secondary N) is 1. The summed E-state index contributed by atoms with van der Waals surface area (Å²) in [4.78, 5) is 42.3. The van der Waals surface area contributed by atoms with E-state index in [1.54, 1.807) is 54.1 Å². The fourth-order valence-electron chi connectivity index (χ4n) is 5.24. The second kappa shape index (κ2) is 13.7. The highest BCUT2D eigenvalue weighted by molar-refractivity contribution is 6.30. The van der Waals surface area contributed by atoms with Crippen LogP contribution < -0.4 is 10.1 Å². The van der Waals surface area contributed by atoms with Crippen molar-refractivity contribution in [2.24, 2.45) is 5.92 Å². The second-order valence-electron chi connectivity index (χ2n) is 12.9. The molecule has 3 amide bonds. The van der Waals surface area contributed by atoms with Gasteiger partial charge in [-0.05, 0) is 71.7 Å². The van der Waals surface area contributed by atoms with Gasteiger partial charge in [0.25, 0.3) is 5.91 Å². The molecule has 3 aromatic rings. The van der Waals surface area contributed by atoms with Crippen LogP contribution in [0.4, 0.5) is 10.5 Å². The van der Waals surface area contributed by atoms with Crippen LogP contribution in [0.25, 0.3) is 0 Å². The molecule has 10 heteroatoms. The molecular weight excluding hydrogens is 592 g/mol. The molecule has 0 bridgehead atoms. The first-order valence-electron chi connectivity index (χ1n) is 15.0. The highest BCUT2D eigenvalue weighted by Gasteiger charge is 2.37. The van der Waals surface area contributed by atoms with Crippen molar-refractivity contribution >= 4 is 29.2 Å². The zero-order chi connectivity index (χ0) is 33.1. The fourth-order valence-corrected chi connectivity index (χ4v) is 5.46. The van der Waals surface area contributed by atoms with Gasteiger partial charge >= 0.3 is 11.7 Å². The first-order valence-corrected chi connectivity index (χ1v) is 15.4. The van der Waals surface area contributed by atoms with Gasteiger partial charge in [0.2, 0.25) is 5.75 Å². The smallest absolute Gasteiger partial charge is 0.322 e. The zero-order valence-corrected chi connectivity index (χ0v) is 27.6. The number of nitro groups is 1. The molecule has 1 N–H and O–H groups in total. The third-order valence-electron chi connectivity index (χ3n) is 7.87. The number of likely N-dealkylation sites (N-methyl/N-ethyl adjacent to an activating group) is 1. The number of rotatable bonds is 10. The van der Waals surface area contributed by atoms with E-state index in [2.05, 4.69) is 39.9 Å². The average Bonchev–Trinajstić information content (AvgIpc) is 2.96. The number of benzene rings is 3. The minimum atomic E-state index is -0.916. The normalized spacial score (nSPS) is 15.3. The van der Waals surface area contributed by atoms with E-state index in [1.807, 2.05) is 24.3 Å². The van der Waals surface area contributed by atoms with Gasteiger partial charge in [-0.3, -0.25) is 19.8 Å². The summed E-state index contributed by atoms with van der Waals surface area (Å²) in [5.74, 6) is 0.543. The van der Waals surface area contributed by atoms with Gasteiger partial charge in [0.05, 0.1) is 16.5 Å². The minimum absolute atomic E-state index is 0.0516. The molecule has 45 heavy (non-hydrogen) atoms. The molecule has 0 saturated heterocycles.